The van der Waals surface area contributed by atoms with Crippen LogP contribution in [-0.4, -0.2) is 65.5 Å². The third kappa shape index (κ3) is 3.53. The fraction of sp³-hybridized carbons (Fsp3) is 0.500. The lowest BCUT2D eigenvalue weighted by Crippen LogP contribution is -2.34. The van der Waals surface area contributed by atoms with Gasteiger partial charge in [-0.3, -0.25) is 24.2 Å². The summed E-state index contributed by atoms with van der Waals surface area (Å²) in [5, 5.41) is 22.5. The Labute approximate surface area is 146 Å². The van der Waals surface area contributed by atoms with Crippen LogP contribution in [0.1, 0.15) is 13.2 Å². The number of H-pyrrole nitrogens is 1. The first kappa shape index (κ1) is 18.6. The third-order valence-corrected chi connectivity index (χ3v) is 4.58. The van der Waals surface area contributed by atoms with Gasteiger partial charge in [0.2, 0.25) is 11.9 Å². The van der Waals surface area contributed by atoms with E-state index in [1.54, 1.807) is 0 Å². The lowest BCUT2D eigenvalue weighted by Gasteiger charge is -2.17. The Bertz CT molecular complexity index is 871. The van der Waals surface area contributed by atoms with Gasteiger partial charge in [-0.25, -0.2) is 4.98 Å². The van der Waals surface area contributed by atoms with Crippen molar-refractivity contribution < 1.29 is 29.2 Å². The molecule has 0 aromatic carbocycles. The van der Waals surface area contributed by atoms with Crippen molar-refractivity contribution in [1.29, 1.82) is 0 Å². The van der Waals surface area contributed by atoms with E-state index in [1.807, 2.05) is 0 Å². The number of imidazole rings is 1. The number of amides is 1. The van der Waals surface area contributed by atoms with Crippen LogP contribution in [0.25, 0.3) is 11.2 Å². The summed E-state index contributed by atoms with van der Waals surface area (Å²) in [6.07, 6.45) is -3.61. The molecule has 2 aromatic heterocycles. The summed E-state index contributed by atoms with van der Waals surface area (Å²) in [7, 11) is -2.23. The SMILES string of the molecule is CC(=O)NP(O)OC[C@H]1O[C@@H](n2cnc3c(=O)[nH]c(N)nc32)[C@H](O)[C@@H]1O. The minimum atomic E-state index is -2.23. The van der Waals surface area contributed by atoms with Gasteiger partial charge in [-0.2, -0.15) is 4.98 Å². The molecule has 0 saturated carbocycles. The molecule has 26 heavy (non-hydrogen) atoms. The number of aliphatic hydroxyl groups is 2. The summed E-state index contributed by atoms with van der Waals surface area (Å²) < 4.78 is 11.9. The number of carbonyl (C=O) groups is 1. The predicted octanol–water partition coefficient (Wildman–Crippen LogP) is -2.31. The molecule has 1 saturated heterocycles. The molecular formula is C12H17N6O7P. The second-order valence-electron chi connectivity index (χ2n) is 5.56. The highest BCUT2D eigenvalue weighted by molar-refractivity contribution is 7.44. The molecular weight excluding hydrogens is 371 g/mol. The van der Waals surface area contributed by atoms with E-state index in [-0.39, 0.29) is 23.7 Å². The number of aromatic nitrogens is 4. The van der Waals surface area contributed by atoms with E-state index in [0.29, 0.717) is 0 Å². The standard InChI is InChI=1S/C12H17N6O7P/c1-4(19)17-26(23)24-2-5-7(20)8(21)11(25-5)18-3-14-6-9(18)15-12(13)16-10(6)22/h3,5,7-8,11,20-21,23H,2H2,1H3,(H,17,19)(H3,13,15,16,22)/t5-,7-,8-,11-,26?/m1/s1. The predicted molar refractivity (Wildman–Crippen MR) is 87.4 cm³/mol. The molecule has 3 rings (SSSR count). The number of rotatable bonds is 5. The number of nitrogens with zero attached hydrogens (tertiary/aromatic N) is 3. The number of fused-ring (bicyclic) bond motifs is 1. The number of nitrogens with one attached hydrogen (secondary N) is 2. The fourth-order valence-corrected chi connectivity index (χ4v) is 3.16. The molecule has 1 amide bonds. The molecule has 1 aliphatic rings. The summed E-state index contributed by atoms with van der Waals surface area (Å²) in [4.78, 5) is 42.4. The number of hydrogen-bond acceptors (Lipinski definition) is 10. The van der Waals surface area contributed by atoms with Crippen LogP contribution >= 0.6 is 8.53 Å². The zero-order chi connectivity index (χ0) is 19.0. The Morgan fingerprint density at radius 1 is 1.54 bits per heavy atom. The Hall–Kier alpha value is -2.15. The summed E-state index contributed by atoms with van der Waals surface area (Å²) in [6, 6.07) is 0. The molecule has 1 unspecified atom stereocenters. The third-order valence-electron chi connectivity index (χ3n) is 3.68. The molecule has 0 spiro atoms. The van der Waals surface area contributed by atoms with Crippen molar-refractivity contribution in [3.05, 3.63) is 16.7 Å². The Kier molecular flexibility index (Phi) is 5.18. The van der Waals surface area contributed by atoms with Crippen LogP contribution in [0.4, 0.5) is 5.95 Å². The van der Waals surface area contributed by atoms with E-state index in [0.717, 1.165) is 0 Å². The van der Waals surface area contributed by atoms with Gasteiger partial charge in [0.25, 0.3) is 14.1 Å². The maximum atomic E-state index is 11.8. The van der Waals surface area contributed by atoms with Crippen molar-refractivity contribution >= 4 is 31.5 Å². The number of aromatic amines is 1. The van der Waals surface area contributed by atoms with Gasteiger partial charge in [0.15, 0.2) is 17.4 Å². The highest BCUT2D eigenvalue weighted by Crippen LogP contribution is 2.34. The van der Waals surface area contributed by atoms with Gasteiger partial charge >= 0.3 is 0 Å². The number of aliphatic hydroxyl groups excluding tert-OH is 2. The van der Waals surface area contributed by atoms with Crippen LogP contribution in [0.2, 0.25) is 0 Å². The highest BCUT2D eigenvalue weighted by atomic mass is 31.2. The number of nitrogen functional groups attached to an aromatic ring is 1. The van der Waals surface area contributed by atoms with Crippen LogP contribution in [0.3, 0.4) is 0 Å². The molecule has 142 valence electrons. The summed E-state index contributed by atoms with van der Waals surface area (Å²) >= 11 is 0. The van der Waals surface area contributed by atoms with Gasteiger partial charge in [0, 0.05) is 6.92 Å². The zero-order valence-corrected chi connectivity index (χ0v) is 14.3. The molecule has 13 nitrogen and oxygen atoms in total. The molecule has 0 bridgehead atoms. The van der Waals surface area contributed by atoms with Crippen molar-refractivity contribution in [3.63, 3.8) is 0 Å². The van der Waals surface area contributed by atoms with Crippen LogP contribution in [0.5, 0.6) is 0 Å². The Balaban J connectivity index is 1.78. The van der Waals surface area contributed by atoms with Crippen molar-refractivity contribution in [3.8, 4) is 0 Å². The lowest BCUT2D eigenvalue weighted by atomic mass is 10.1. The van der Waals surface area contributed by atoms with Gasteiger partial charge in [-0.1, -0.05) is 0 Å². The van der Waals surface area contributed by atoms with Crippen molar-refractivity contribution in [2.75, 3.05) is 12.3 Å². The number of hydrogen-bond donors (Lipinski definition) is 6. The topological polar surface area (TPSA) is 198 Å². The van der Waals surface area contributed by atoms with E-state index >= 15 is 0 Å². The number of carbonyl (C=O) groups excluding carboxylic acids is 1. The first-order valence-electron chi connectivity index (χ1n) is 7.41. The summed E-state index contributed by atoms with van der Waals surface area (Å²) in [6.45, 7) is 0.917. The minimum absolute atomic E-state index is 0.00581. The van der Waals surface area contributed by atoms with Gasteiger partial charge < -0.3 is 30.1 Å². The fourth-order valence-electron chi connectivity index (χ4n) is 2.54. The molecule has 3 heterocycles. The largest absolute Gasteiger partial charge is 0.387 e. The second-order valence-corrected chi connectivity index (χ2v) is 6.59. The van der Waals surface area contributed by atoms with Gasteiger partial charge in [-0.05, 0) is 0 Å². The van der Waals surface area contributed by atoms with E-state index in [2.05, 4.69) is 20.0 Å². The first-order chi connectivity index (χ1) is 12.3. The van der Waals surface area contributed by atoms with Gasteiger partial charge in [0.1, 0.15) is 18.3 Å². The Morgan fingerprint density at radius 3 is 2.96 bits per heavy atom. The van der Waals surface area contributed by atoms with Crippen LogP contribution in [0.15, 0.2) is 11.1 Å². The monoisotopic (exact) mass is 388 g/mol. The quantitative estimate of drug-likeness (QED) is 0.303. The first-order valence-corrected chi connectivity index (χ1v) is 8.62. The normalized spacial score (nSPS) is 26.9. The Morgan fingerprint density at radius 2 is 2.27 bits per heavy atom. The molecule has 2 aromatic rings. The second kappa shape index (κ2) is 7.23. The van der Waals surface area contributed by atoms with Crippen molar-refractivity contribution in [2.24, 2.45) is 0 Å². The van der Waals surface area contributed by atoms with E-state index in [1.165, 1.54) is 17.8 Å². The maximum Gasteiger partial charge on any atom is 0.286 e. The van der Waals surface area contributed by atoms with Crippen molar-refractivity contribution in [1.82, 2.24) is 24.6 Å². The number of anilines is 1. The molecule has 0 aliphatic carbocycles. The van der Waals surface area contributed by atoms with E-state index < -0.39 is 44.5 Å². The molecule has 1 fully saturated rings. The smallest absolute Gasteiger partial charge is 0.286 e. The summed E-state index contributed by atoms with van der Waals surface area (Å²) in [5.41, 5.74) is 5.04. The van der Waals surface area contributed by atoms with Crippen LogP contribution in [-0.2, 0) is 14.1 Å². The van der Waals surface area contributed by atoms with E-state index in [4.69, 9.17) is 15.0 Å². The van der Waals surface area contributed by atoms with Gasteiger partial charge in [0.05, 0.1) is 12.9 Å². The maximum absolute atomic E-state index is 11.8. The lowest BCUT2D eigenvalue weighted by molar-refractivity contribution is -0.117. The zero-order valence-electron chi connectivity index (χ0n) is 13.4. The van der Waals surface area contributed by atoms with Crippen LogP contribution < -0.4 is 16.4 Å². The van der Waals surface area contributed by atoms with Crippen LogP contribution in [0, 0.1) is 0 Å². The highest BCUT2D eigenvalue weighted by Gasteiger charge is 2.44. The molecule has 14 heteroatoms. The average molecular weight is 388 g/mol. The minimum Gasteiger partial charge on any atom is -0.387 e. The molecule has 7 N–H and O–H groups in total. The molecule has 1 aliphatic heterocycles. The molecule has 5 atom stereocenters. The number of ether oxygens (including phenoxy) is 1. The van der Waals surface area contributed by atoms with E-state index in [9.17, 15) is 24.7 Å². The average Bonchev–Trinajstić information content (AvgIpc) is 3.08. The van der Waals surface area contributed by atoms with Gasteiger partial charge in [-0.15, -0.1) is 0 Å². The number of nitrogens with two attached hydrogens (primary N) is 1. The van der Waals surface area contributed by atoms with Crippen molar-refractivity contribution in [2.45, 2.75) is 31.5 Å². The summed E-state index contributed by atoms with van der Waals surface area (Å²) in [5.74, 6) is -0.624. The molecule has 0 radical (unpaired) electrons.